The largest absolute Gasteiger partial charge is 0.465 e. The molecule has 0 bridgehead atoms. The molecule has 76 valence electrons. The van der Waals surface area contributed by atoms with E-state index in [2.05, 4.69) is 17.9 Å². The molecule has 0 amide bonds. The van der Waals surface area contributed by atoms with E-state index in [0.717, 1.165) is 19.5 Å². The minimum absolute atomic E-state index is 0.214. The van der Waals surface area contributed by atoms with Gasteiger partial charge in [-0.25, -0.2) is 0 Å². The van der Waals surface area contributed by atoms with Crippen LogP contribution < -0.4 is 5.32 Å². The average Bonchev–Trinajstić information content (AvgIpc) is 2.15. The topological polar surface area (TPSA) is 38.3 Å². The summed E-state index contributed by atoms with van der Waals surface area (Å²) in [6.07, 6.45) is 2.33. The Morgan fingerprint density at radius 3 is 3.08 bits per heavy atom. The first kappa shape index (κ1) is 10.9. The van der Waals surface area contributed by atoms with Crippen molar-refractivity contribution in [3.8, 4) is 0 Å². The normalized spacial score (nSPS) is 25.2. The number of carbonyl (C=O) groups excluding carboxylic acids is 1. The van der Waals surface area contributed by atoms with Crippen LogP contribution in [0.2, 0.25) is 0 Å². The summed E-state index contributed by atoms with van der Waals surface area (Å²) in [5.74, 6) is 0.277. The number of esters is 1. The molecule has 1 N–H and O–H groups in total. The first-order chi connectivity index (χ1) is 6.20. The summed E-state index contributed by atoms with van der Waals surface area (Å²) < 4.78 is 5.09. The van der Waals surface area contributed by atoms with Crippen molar-refractivity contribution in [2.45, 2.75) is 25.0 Å². The summed E-state index contributed by atoms with van der Waals surface area (Å²) >= 11 is 4.00. The molecular formula is C9H17NO2S. The minimum Gasteiger partial charge on any atom is -0.465 e. The lowest BCUT2D eigenvalue weighted by molar-refractivity contribution is -0.144. The highest BCUT2D eigenvalue weighted by molar-refractivity contribution is 7.81. The van der Waals surface area contributed by atoms with E-state index < -0.39 is 0 Å². The number of hydrogen-bond donors (Lipinski definition) is 2. The lowest BCUT2D eigenvalue weighted by Crippen LogP contribution is -2.33. The van der Waals surface area contributed by atoms with Gasteiger partial charge in [-0.05, 0) is 26.3 Å². The van der Waals surface area contributed by atoms with E-state index in [1.807, 2.05) is 0 Å². The lowest BCUT2D eigenvalue weighted by Gasteiger charge is -2.22. The highest BCUT2D eigenvalue weighted by atomic mass is 32.1. The smallest absolute Gasteiger partial charge is 0.318 e. The van der Waals surface area contributed by atoms with Crippen molar-refractivity contribution in [2.24, 2.45) is 5.92 Å². The third kappa shape index (κ3) is 4.00. The van der Waals surface area contributed by atoms with Gasteiger partial charge >= 0.3 is 5.97 Å². The number of ether oxygens (including phenoxy) is 1. The van der Waals surface area contributed by atoms with Gasteiger partial charge in [0.25, 0.3) is 0 Å². The predicted octanol–water partition coefficient (Wildman–Crippen LogP) is 0.847. The van der Waals surface area contributed by atoms with Crippen molar-refractivity contribution in [1.29, 1.82) is 0 Å². The summed E-state index contributed by atoms with van der Waals surface area (Å²) in [6.45, 7) is 4.32. The summed E-state index contributed by atoms with van der Waals surface area (Å²) in [5, 5.41) is 2.97. The van der Waals surface area contributed by atoms with E-state index in [1.54, 1.807) is 6.92 Å². The van der Waals surface area contributed by atoms with Crippen LogP contribution in [0.5, 0.6) is 0 Å². The molecule has 1 aliphatic rings. The number of rotatable bonds is 3. The number of nitrogens with one attached hydrogen (secondary N) is 1. The third-order valence-corrected chi connectivity index (χ3v) is 2.41. The second kappa shape index (κ2) is 5.50. The van der Waals surface area contributed by atoms with Crippen molar-refractivity contribution < 1.29 is 9.53 Å². The quantitative estimate of drug-likeness (QED) is 0.527. The summed E-state index contributed by atoms with van der Waals surface area (Å²) in [4.78, 5) is 11.1. The Labute approximate surface area is 84.6 Å². The lowest BCUT2D eigenvalue weighted by atomic mass is 10.0. The van der Waals surface area contributed by atoms with Crippen molar-refractivity contribution >= 4 is 18.6 Å². The van der Waals surface area contributed by atoms with Gasteiger partial charge in [0, 0.05) is 12.5 Å². The Balaban J connectivity index is 2.13. The van der Waals surface area contributed by atoms with E-state index in [4.69, 9.17) is 4.74 Å². The molecule has 1 unspecified atom stereocenters. The SMILES string of the molecule is CC(S)C(=O)OC[C@@H]1CCCNC1. The van der Waals surface area contributed by atoms with Crippen LogP contribution in [0.4, 0.5) is 0 Å². The van der Waals surface area contributed by atoms with Gasteiger partial charge in [0.1, 0.15) is 0 Å². The van der Waals surface area contributed by atoms with Gasteiger partial charge in [-0.1, -0.05) is 0 Å². The molecule has 0 spiro atoms. The summed E-state index contributed by atoms with van der Waals surface area (Å²) in [7, 11) is 0. The highest BCUT2D eigenvalue weighted by Gasteiger charge is 2.16. The van der Waals surface area contributed by atoms with Gasteiger partial charge in [-0.3, -0.25) is 4.79 Å². The second-order valence-electron chi connectivity index (χ2n) is 3.52. The van der Waals surface area contributed by atoms with Crippen molar-refractivity contribution in [3.05, 3.63) is 0 Å². The molecule has 1 saturated heterocycles. The van der Waals surface area contributed by atoms with Crippen LogP contribution >= 0.6 is 12.6 Å². The van der Waals surface area contributed by atoms with E-state index in [-0.39, 0.29) is 11.2 Å². The van der Waals surface area contributed by atoms with Gasteiger partial charge in [0.2, 0.25) is 0 Å². The van der Waals surface area contributed by atoms with Gasteiger partial charge in [0.05, 0.1) is 11.9 Å². The van der Waals surface area contributed by atoms with Crippen molar-refractivity contribution in [1.82, 2.24) is 5.32 Å². The number of carbonyl (C=O) groups is 1. The van der Waals surface area contributed by atoms with Gasteiger partial charge in [-0.2, -0.15) is 12.6 Å². The molecule has 4 heteroatoms. The second-order valence-corrected chi connectivity index (χ2v) is 4.29. The van der Waals surface area contributed by atoms with Crippen LogP contribution in [0, 0.1) is 5.92 Å². The van der Waals surface area contributed by atoms with Gasteiger partial charge in [-0.15, -0.1) is 0 Å². The van der Waals surface area contributed by atoms with Gasteiger partial charge < -0.3 is 10.1 Å². The van der Waals surface area contributed by atoms with E-state index >= 15 is 0 Å². The Morgan fingerprint density at radius 2 is 2.54 bits per heavy atom. The molecule has 2 atom stereocenters. The van der Waals surface area contributed by atoms with Crippen LogP contribution in [0.15, 0.2) is 0 Å². The molecular weight excluding hydrogens is 186 g/mol. The number of thiol groups is 1. The predicted molar refractivity (Wildman–Crippen MR) is 55.0 cm³/mol. The summed E-state index contributed by atoms with van der Waals surface area (Å²) in [5.41, 5.74) is 0. The van der Waals surface area contributed by atoms with E-state index in [1.165, 1.54) is 6.42 Å². The molecule has 1 aliphatic heterocycles. The number of piperidine rings is 1. The Hall–Kier alpha value is -0.220. The van der Waals surface area contributed by atoms with Crippen molar-refractivity contribution in [2.75, 3.05) is 19.7 Å². The van der Waals surface area contributed by atoms with Crippen LogP contribution in [0.25, 0.3) is 0 Å². The molecule has 0 aliphatic carbocycles. The van der Waals surface area contributed by atoms with E-state index in [0.29, 0.717) is 12.5 Å². The fourth-order valence-electron chi connectivity index (χ4n) is 1.39. The third-order valence-electron chi connectivity index (χ3n) is 2.20. The first-order valence-electron chi connectivity index (χ1n) is 4.75. The molecule has 3 nitrogen and oxygen atoms in total. The van der Waals surface area contributed by atoms with Crippen molar-refractivity contribution in [3.63, 3.8) is 0 Å². The van der Waals surface area contributed by atoms with Crippen LogP contribution in [-0.4, -0.2) is 30.9 Å². The molecule has 0 aromatic carbocycles. The van der Waals surface area contributed by atoms with Crippen LogP contribution in [-0.2, 0) is 9.53 Å². The van der Waals surface area contributed by atoms with Crippen LogP contribution in [0.3, 0.4) is 0 Å². The molecule has 0 saturated carbocycles. The maximum atomic E-state index is 11.1. The zero-order valence-corrected chi connectivity index (χ0v) is 8.85. The zero-order valence-electron chi connectivity index (χ0n) is 7.95. The average molecular weight is 203 g/mol. The molecule has 1 heterocycles. The Kier molecular flexibility index (Phi) is 4.59. The Morgan fingerprint density at radius 1 is 1.77 bits per heavy atom. The van der Waals surface area contributed by atoms with Crippen LogP contribution in [0.1, 0.15) is 19.8 Å². The Bertz CT molecular complexity index is 167. The molecule has 0 aromatic heterocycles. The first-order valence-corrected chi connectivity index (χ1v) is 5.27. The summed E-state index contributed by atoms with van der Waals surface area (Å²) in [6, 6.07) is 0. The molecule has 1 rings (SSSR count). The molecule has 13 heavy (non-hydrogen) atoms. The highest BCUT2D eigenvalue weighted by Crippen LogP contribution is 2.10. The molecule has 0 aromatic rings. The van der Waals surface area contributed by atoms with E-state index in [9.17, 15) is 4.79 Å². The van der Waals surface area contributed by atoms with Gasteiger partial charge in [0.15, 0.2) is 0 Å². The maximum absolute atomic E-state index is 11.1. The zero-order chi connectivity index (χ0) is 9.68. The monoisotopic (exact) mass is 203 g/mol. The molecule has 1 fully saturated rings. The fourth-order valence-corrected chi connectivity index (χ4v) is 1.46. The standard InChI is InChI=1S/C9H17NO2S/c1-7(13)9(11)12-6-8-3-2-4-10-5-8/h7-8,10,13H,2-6H2,1H3/t7?,8-/m1/s1. The number of hydrogen-bond acceptors (Lipinski definition) is 4. The fraction of sp³-hybridized carbons (Fsp3) is 0.889. The molecule has 0 radical (unpaired) electrons. The minimum atomic E-state index is -0.309. The maximum Gasteiger partial charge on any atom is 0.318 e.